The molecule has 0 saturated heterocycles. The summed E-state index contributed by atoms with van der Waals surface area (Å²) in [5, 5.41) is 0. The van der Waals surface area contributed by atoms with Gasteiger partial charge in [0.2, 0.25) is 0 Å². The maximum atomic E-state index is 13.3. The molecule has 1 aromatic carbocycles. The van der Waals surface area contributed by atoms with Gasteiger partial charge in [-0.2, -0.15) is 13.2 Å². The molecule has 0 amide bonds. The normalized spacial score (nSPS) is 13.3. The third-order valence-corrected chi connectivity index (χ3v) is 3.98. The molecule has 0 aliphatic heterocycles. The van der Waals surface area contributed by atoms with Crippen LogP contribution in [0.3, 0.4) is 0 Å². The Labute approximate surface area is 140 Å². The minimum atomic E-state index is -4.52. The highest BCUT2D eigenvalue weighted by atomic mass is 79.9. The molecule has 0 aliphatic rings. The van der Waals surface area contributed by atoms with E-state index < -0.39 is 12.2 Å². The van der Waals surface area contributed by atoms with Crippen LogP contribution in [0.5, 0.6) is 5.75 Å². The van der Waals surface area contributed by atoms with E-state index in [9.17, 15) is 13.2 Å². The van der Waals surface area contributed by atoms with Crippen molar-refractivity contribution in [2.75, 3.05) is 7.11 Å². The molecule has 0 N–H and O–H groups in total. The topological polar surface area (TPSA) is 34.5 Å². The summed E-state index contributed by atoms with van der Waals surface area (Å²) < 4.78 is 45.5. The second-order valence-electron chi connectivity index (χ2n) is 4.85. The highest BCUT2D eigenvalue weighted by Crippen LogP contribution is 2.35. The lowest BCUT2D eigenvalue weighted by Crippen LogP contribution is -2.20. The van der Waals surface area contributed by atoms with Crippen molar-refractivity contribution in [3.8, 4) is 5.75 Å². The zero-order valence-electron chi connectivity index (χ0n) is 12.4. The molecule has 2 aromatic rings. The molecule has 7 heteroatoms. The summed E-state index contributed by atoms with van der Waals surface area (Å²) in [5.41, 5.74) is 1.08. The number of halogens is 4. The van der Waals surface area contributed by atoms with Crippen LogP contribution in [0.4, 0.5) is 13.2 Å². The summed E-state index contributed by atoms with van der Waals surface area (Å²) in [6.07, 6.45) is -1.97. The average Bonchev–Trinajstić information content (AvgIpc) is 2.50. The second-order valence-corrected chi connectivity index (χ2v) is 5.71. The van der Waals surface area contributed by atoms with Gasteiger partial charge in [-0.15, -0.1) is 0 Å². The van der Waals surface area contributed by atoms with Gasteiger partial charge in [0, 0.05) is 16.9 Å². The van der Waals surface area contributed by atoms with Crippen molar-refractivity contribution >= 4 is 22.1 Å². The number of nitrogens with zero attached hydrogens (tertiary/aromatic N) is 2. The Kier molecular flexibility index (Phi) is 5.41. The minimum absolute atomic E-state index is 0.136. The van der Waals surface area contributed by atoms with Gasteiger partial charge in [0.15, 0.2) is 6.04 Å². The van der Waals surface area contributed by atoms with Crippen LogP contribution >= 0.6 is 15.9 Å². The first-order valence-electron chi connectivity index (χ1n) is 6.67. The van der Waals surface area contributed by atoms with Crippen LogP contribution in [0.15, 0.2) is 46.0 Å². The number of aromatic nitrogens is 1. The molecule has 2 rings (SSSR count). The standard InChI is InChI=1S/C16H14BrF3N2O/c1-10-7-14(21-9-13(10)17)15(16(18,19)20)22-8-11-3-5-12(23-2)6-4-11/h3-9,15H,1-2H3. The van der Waals surface area contributed by atoms with Gasteiger partial charge in [0.1, 0.15) is 5.75 Å². The van der Waals surface area contributed by atoms with Crippen molar-refractivity contribution in [1.82, 2.24) is 4.98 Å². The van der Waals surface area contributed by atoms with E-state index >= 15 is 0 Å². The Morgan fingerprint density at radius 2 is 1.91 bits per heavy atom. The molecule has 0 saturated carbocycles. The number of hydrogen-bond acceptors (Lipinski definition) is 3. The summed E-state index contributed by atoms with van der Waals surface area (Å²) in [6, 6.07) is 5.97. The maximum Gasteiger partial charge on any atom is 0.416 e. The fourth-order valence-corrected chi connectivity index (χ4v) is 2.11. The van der Waals surface area contributed by atoms with Crippen molar-refractivity contribution in [3.05, 3.63) is 57.8 Å². The first kappa shape index (κ1) is 17.5. The number of methoxy groups -OCH3 is 1. The summed E-state index contributed by atoms with van der Waals surface area (Å²) in [4.78, 5) is 7.54. The first-order valence-corrected chi connectivity index (χ1v) is 7.46. The summed E-state index contributed by atoms with van der Waals surface area (Å²) in [7, 11) is 1.52. The van der Waals surface area contributed by atoms with Gasteiger partial charge < -0.3 is 4.74 Å². The number of ether oxygens (including phenoxy) is 1. The van der Waals surface area contributed by atoms with Crippen LogP contribution in [0.2, 0.25) is 0 Å². The van der Waals surface area contributed by atoms with Gasteiger partial charge in [-0.1, -0.05) is 0 Å². The lowest BCUT2D eigenvalue weighted by molar-refractivity contribution is -0.149. The first-order chi connectivity index (χ1) is 10.8. The third kappa shape index (κ3) is 4.54. The summed E-state index contributed by atoms with van der Waals surface area (Å²) >= 11 is 3.22. The van der Waals surface area contributed by atoms with Gasteiger partial charge in [0.05, 0.1) is 12.8 Å². The summed E-state index contributed by atoms with van der Waals surface area (Å²) in [5.74, 6) is 0.625. The molecule has 122 valence electrons. The van der Waals surface area contributed by atoms with E-state index in [0.717, 1.165) is 0 Å². The van der Waals surface area contributed by atoms with Crippen LogP contribution in [-0.4, -0.2) is 24.5 Å². The Hall–Kier alpha value is -1.89. The Morgan fingerprint density at radius 3 is 2.43 bits per heavy atom. The molecule has 1 unspecified atom stereocenters. The van der Waals surface area contributed by atoms with Gasteiger partial charge in [-0.3, -0.25) is 9.98 Å². The number of rotatable bonds is 4. The monoisotopic (exact) mass is 386 g/mol. The fraction of sp³-hybridized carbons (Fsp3) is 0.250. The van der Waals surface area contributed by atoms with E-state index in [2.05, 4.69) is 25.9 Å². The quantitative estimate of drug-likeness (QED) is 0.701. The Bertz CT molecular complexity index is 699. The van der Waals surface area contributed by atoms with E-state index in [1.165, 1.54) is 25.6 Å². The van der Waals surface area contributed by atoms with E-state index in [1.807, 2.05) is 0 Å². The predicted molar refractivity (Wildman–Crippen MR) is 86.1 cm³/mol. The third-order valence-electron chi connectivity index (χ3n) is 3.15. The molecule has 0 bridgehead atoms. The Morgan fingerprint density at radius 1 is 1.26 bits per heavy atom. The highest BCUT2D eigenvalue weighted by Gasteiger charge is 2.41. The molecule has 1 atom stereocenters. The highest BCUT2D eigenvalue weighted by molar-refractivity contribution is 9.10. The van der Waals surface area contributed by atoms with Crippen LogP contribution in [0, 0.1) is 6.92 Å². The fourth-order valence-electron chi connectivity index (χ4n) is 1.89. The van der Waals surface area contributed by atoms with Gasteiger partial charge in [-0.25, -0.2) is 0 Å². The minimum Gasteiger partial charge on any atom is -0.497 e. The average molecular weight is 387 g/mol. The predicted octanol–water partition coefficient (Wildman–Crippen LogP) is 4.88. The van der Waals surface area contributed by atoms with Gasteiger partial charge in [-0.05, 0) is 64.3 Å². The molecule has 23 heavy (non-hydrogen) atoms. The number of aliphatic imine (C=N–C) groups is 1. The lowest BCUT2D eigenvalue weighted by atomic mass is 10.1. The van der Waals surface area contributed by atoms with E-state index in [0.29, 0.717) is 21.3 Å². The molecule has 1 heterocycles. The number of aryl methyl sites for hydroxylation is 1. The zero-order valence-corrected chi connectivity index (χ0v) is 14.0. The van der Waals surface area contributed by atoms with Crippen molar-refractivity contribution in [1.29, 1.82) is 0 Å². The number of hydrogen-bond donors (Lipinski definition) is 0. The van der Waals surface area contributed by atoms with Crippen LogP contribution < -0.4 is 4.74 Å². The Balaban J connectivity index is 2.31. The molecule has 0 radical (unpaired) electrons. The summed E-state index contributed by atoms with van der Waals surface area (Å²) in [6.45, 7) is 1.70. The van der Waals surface area contributed by atoms with Crippen molar-refractivity contribution in [2.45, 2.75) is 19.1 Å². The van der Waals surface area contributed by atoms with Crippen LogP contribution in [-0.2, 0) is 0 Å². The molecule has 0 fully saturated rings. The van der Waals surface area contributed by atoms with Crippen molar-refractivity contribution < 1.29 is 17.9 Å². The number of pyridine rings is 1. The van der Waals surface area contributed by atoms with E-state index in [4.69, 9.17) is 4.74 Å². The largest absolute Gasteiger partial charge is 0.497 e. The van der Waals surface area contributed by atoms with Crippen molar-refractivity contribution in [2.24, 2.45) is 4.99 Å². The van der Waals surface area contributed by atoms with E-state index in [1.54, 1.807) is 31.2 Å². The zero-order chi connectivity index (χ0) is 17.0. The van der Waals surface area contributed by atoms with Gasteiger partial charge in [0.25, 0.3) is 0 Å². The number of alkyl halides is 3. The molecular formula is C16H14BrF3N2O. The maximum absolute atomic E-state index is 13.3. The van der Waals surface area contributed by atoms with E-state index in [-0.39, 0.29) is 5.69 Å². The SMILES string of the molecule is COc1ccc(C=NC(c2cc(C)c(Br)cn2)C(F)(F)F)cc1. The van der Waals surface area contributed by atoms with Gasteiger partial charge >= 0.3 is 6.18 Å². The van der Waals surface area contributed by atoms with Crippen LogP contribution in [0.25, 0.3) is 0 Å². The molecular weight excluding hydrogens is 373 g/mol. The smallest absolute Gasteiger partial charge is 0.416 e. The number of benzene rings is 1. The second kappa shape index (κ2) is 7.12. The van der Waals surface area contributed by atoms with Crippen molar-refractivity contribution in [3.63, 3.8) is 0 Å². The lowest BCUT2D eigenvalue weighted by Gasteiger charge is -2.16. The molecule has 1 aromatic heterocycles. The molecule has 3 nitrogen and oxygen atoms in total. The molecule has 0 spiro atoms. The van der Waals surface area contributed by atoms with Crippen LogP contribution in [0.1, 0.15) is 22.9 Å². The molecule has 0 aliphatic carbocycles.